The van der Waals surface area contributed by atoms with Crippen LogP contribution >= 0.6 is 0 Å². The van der Waals surface area contributed by atoms with Gasteiger partial charge in [-0.05, 0) is 32.3 Å². The summed E-state index contributed by atoms with van der Waals surface area (Å²) in [5.41, 5.74) is 2.07. The summed E-state index contributed by atoms with van der Waals surface area (Å²) >= 11 is 0. The predicted octanol–water partition coefficient (Wildman–Crippen LogP) is 0.288. The molecule has 0 aromatic carbocycles. The Hall–Kier alpha value is -1.90. The molecular formula is C18H28N4O4S. The fourth-order valence-electron chi connectivity index (χ4n) is 3.92. The molecule has 2 aliphatic heterocycles. The number of hydrogen-bond acceptors (Lipinski definition) is 5. The molecule has 0 aliphatic carbocycles. The highest BCUT2D eigenvalue weighted by Crippen LogP contribution is 2.26. The maximum Gasteiger partial charge on any atom is 0.225 e. The Morgan fingerprint density at radius 1 is 1.41 bits per heavy atom. The standard InChI is InChI=1S/C18H28N4O4S/c1-12(9-22-14(3)6-13(2)20-22)8-19-18(24)15-7-17(23)21(10-15)16-4-5-27(25,26)11-16/h6,12,15-16H,4-5,7-11H2,1-3H3,(H,19,24)/t12-,15-,16-/m1/s1. The number of aromatic nitrogens is 2. The molecule has 0 saturated carbocycles. The SMILES string of the molecule is Cc1cc(C)n(C[C@H](C)CNC(=O)[C@@H]2CC(=O)N([C@@H]3CCS(=O)(=O)C3)C2)n1. The van der Waals surface area contributed by atoms with Crippen LogP contribution in [0.3, 0.4) is 0 Å². The molecule has 2 fully saturated rings. The van der Waals surface area contributed by atoms with Crippen LogP contribution in [-0.2, 0) is 26.0 Å². The van der Waals surface area contributed by atoms with Gasteiger partial charge in [0.2, 0.25) is 11.8 Å². The minimum atomic E-state index is -3.05. The van der Waals surface area contributed by atoms with E-state index < -0.39 is 15.8 Å². The van der Waals surface area contributed by atoms with E-state index in [4.69, 9.17) is 0 Å². The van der Waals surface area contributed by atoms with Gasteiger partial charge in [-0.2, -0.15) is 5.10 Å². The molecule has 2 amide bonds. The first-order valence-corrected chi connectivity index (χ1v) is 11.3. The minimum absolute atomic E-state index is 0.0206. The van der Waals surface area contributed by atoms with Crippen LogP contribution in [0, 0.1) is 25.7 Å². The molecule has 1 N–H and O–H groups in total. The second kappa shape index (κ2) is 7.61. The normalized spacial score (nSPS) is 25.7. The van der Waals surface area contributed by atoms with Gasteiger partial charge in [-0.25, -0.2) is 8.42 Å². The maximum atomic E-state index is 12.5. The van der Waals surface area contributed by atoms with Crippen LogP contribution in [-0.4, -0.2) is 65.5 Å². The van der Waals surface area contributed by atoms with Gasteiger partial charge < -0.3 is 10.2 Å². The number of aryl methyl sites for hydroxylation is 2. The van der Waals surface area contributed by atoms with Crippen LogP contribution in [0.2, 0.25) is 0 Å². The number of sulfone groups is 1. The van der Waals surface area contributed by atoms with Gasteiger partial charge in [0.25, 0.3) is 0 Å². The third-order valence-electron chi connectivity index (χ3n) is 5.39. The number of rotatable bonds is 6. The lowest BCUT2D eigenvalue weighted by molar-refractivity contribution is -0.130. The second-order valence-corrected chi connectivity index (χ2v) is 10.2. The van der Waals surface area contributed by atoms with Gasteiger partial charge in [-0.3, -0.25) is 14.3 Å². The fraction of sp³-hybridized carbons (Fsp3) is 0.722. The zero-order chi connectivity index (χ0) is 19.8. The third-order valence-corrected chi connectivity index (χ3v) is 7.14. The van der Waals surface area contributed by atoms with Crippen LogP contribution in [0.5, 0.6) is 0 Å². The molecular weight excluding hydrogens is 368 g/mol. The number of hydrogen-bond donors (Lipinski definition) is 1. The molecule has 0 bridgehead atoms. The lowest BCUT2D eigenvalue weighted by Crippen LogP contribution is -2.39. The van der Waals surface area contributed by atoms with Crippen molar-refractivity contribution in [2.45, 2.75) is 46.2 Å². The van der Waals surface area contributed by atoms with Crippen molar-refractivity contribution in [2.24, 2.45) is 11.8 Å². The van der Waals surface area contributed by atoms with Crippen molar-refractivity contribution in [3.05, 3.63) is 17.5 Å². The van der Waals surface area contributed by atoms with E-state index >= 15 is 0 Å². The molecule has 3 atom stereocenters. The zero-order valence-electron chi connectivity index (χ0n) is 16.1. The number of nitrogens with zero attached hydrogens (tertiary/aromatic N) is 3. The van der Waals surface area contributed by atoms with E-state index in [0.717, 1.165) is 17.9 Å². The average molecular weight is 397 g/mol. The predicted molar refractivity (Wildman–Crippen MR) is 101 cm³/mol. The number of likely N-dealkylation sites (tertiary alicyclic amines) is 1. The molecule has 3 rings (SSSR count). The van der Waals surface area contributed by atoms with Crippen molar-refractivity contribution in [1.82, 2.24) is 20.0 Å². The smallest absolute Gasteiger partial charge is 0.225 e. The molecule has 9 heteroatoms. The van der Waals surface area contributed by atoms with Crippen LogP contribution in [0.4, 0.5) is 0 Å². The molecule has 1 aromatic rings. The van der Waals surface area contributed by atoms with Crippen LogP contribution in [0.15, 0.2) is 6.07 Å². The summed E-state index contributed by atoms with van der Waals surface area (Å²) in [6.45, 7) is 7.56. The summed E-state index contributed by atoms with van der Waals surface area (Å²) in [5.74, 6) is -0.295. The van der Waals surface area contributed by atoms with Crippen LogP contribution < -0.4 is 5.32 Å². The topological polar surface area (TPSA) is 101 Å². The second-order valence-electron chi connectivity index (χ2n) is 7.96. The van der Waals surface area contributed by atoms with Gasteiger partial charge in [-0.15, -0.1) is 0 Å². The summed E-state index contributed by atoms with van der Waals surface area (Å²) in [6, 6.07) is 1.75. The van der Waals surface area contributed by atoms with E-state index in [1.807, 2.05) is 31.5 Å². The average Bonchev–Trinajstić information content (AvgIpc) is 3.22. The minimum Gasteiger partial charge on any atom is -0.355 e. The number of nitrogens with one attached hydrogen (secondary N) is 1. The fourth-order valence-corrected chi connectivity index (χ4v) is 5.65. The Morgan fingerprint density at radius 3 is 2.74 bits per heavy atom. The van der Waals surface area contributed by atoms with Crippen molar-refractivity contribution in [3.63, 3.8) is 0 Å². The molecule has 0 unspecified atom stereocenters. The van der Waals surface area contributed by atoms with E-state index in [9.17, 15) is 18.0 Å². The first-order chi connectivity index (χ1) is 12.6. The molecule has 0 radical (unpaired) electrons. The Kier molecular flexibility index (Phi) is 5.60. The Morgan fingerprint density at radius 2 is 2.15 bits per heavy atom. The first kappa shape index (κ1) is 19.9. The van der Waals surface area contributed by atoms with Crippen molar-refractivity contribution < 1.29 is 18.0 Å². The number of carbonyl (C=O) groups excluding carboxylic acids is 2. The van der Waals surface area contributed by atoms with Crippen molar-refractivity contribution >= 4 is 21.7 Å². The van der Waals surface area contributed by atoms with E-state index in [-0.39, 0.29) is 41.7 Å². The van der Waals surface area contributed by atoms with Crippen LogP contribution in [0.1, 0.15) is 31.2 Å². The maximum absolute atomic E-state index is 12.5. The number of carbonyl (C=O) groups is 2. The molecule has 1 aromatic heterocycles. The highest BCUT2D eigenvalue weighted by atomic mass is 32.2. The van der Waals surface area contributed by atoms with E-state index in [1.165, 1.54) is 0 Å². The van der Waals surface area contributed by atoms with Gasteiger partial charge in [0.15, 0.2) is 9.84 Å². The molecule has 3 heterocycles. The largest absolute Gasteiger partial charge is 0.355 e. The summed E-state index contributed by atoms with van der Waals surface area (Å²) in [6.07, 6.45) is 0.635. The molecule has 2 saturated heterocycles. The van der Waals surface area contributed by atoms with E-state index in [0.29, 0.717) is 19.5 Å². The molecule has 0 spiro atoms. The lowest BCUT2D eigenvalue weighted by atomic mass is 10.1. The highest BCUT2D eigenvalue weighted by molar-refractivity contribution is 7.91. The summed E-state index contributed by atoms with van der Waals surface area (Å²) in [7, 11) is -3.05. The van der Waals surface area contributed by atoms with Gasteiger partial charge >= 0.3 is 0 Å². The third kappa shape index (κ3) is 4.69. The molecule has 2 aliphatic rings. The first-order valence-electron chi connectivity index (χ1n) is 9.43. The quantitative estimate of drug-likeness (QED) is 0.745. The molecule has 8 nitrogen and oxygen atoms in total. The molecule has 150 valence electrons. The van der Waals surface area contributed by atoms with Gasteiger partial charge in [0.05, 0.1) is 23.1 Å². The monoisotopic (exact) mass is 396 g/mol. The summed E-state index contributed by atoms with van der Waals surface area (Å²) < 4.78 is 25.2. The highest BCUT2D eigenvalue weighted by Gasteiger charge is 2.41. The van der Waals surface area contributed by atoms with E-state index in [2.05, 4.69) is 10.4 Å². The van der Waals surface area contributed by atoms with Gasteiger partial charge in [0.1, 0.15) is 0 Å². The Balaban J connectivity index is 1.48. The van der Waals surface area contributed by atoms with Crippen molar-refractivity contribution in [3.8, 4) is 0 Å². The Labute approximate surface area is 160 Å². The summed E-state index contributed by atoms with van der Waals surface area (Å²) in [5, 5.41) is 7.38. The molecule has 27 heavy (non-hydrogen) atoms. The van der Waals surface area contributed by atoms with Crippen molar-refractivity contribution in [1.29, 1.82) is 0 Å². The van der Waals surface area contributed by atoms with E-state index in [1.54, 1.807) is 4.90 Å². The Bertz CT molecular complexity index is 832. The zero-order valence-corrected chi connectivity index (χ0v) is 17.0. The summed E-state index contributed by atoms with van der Waals surface area (Å²) in [4.78, 5) is 26.3. The van der Waals surface area contributed by atoms with Crippen LogP contribution in [0.25, 0.3) is 0 Å². The lowest BCUT2D eigenvalue weighted by Gasteiger charge is -2.23. The number of amides is 2. The van der Waals surface area contributed by atoms with Crippen molar-refractivity contribution in [2.75, 3.05) is 24.6 Å². The van der Waals surface area contributed by atoms with Gasteiger partial charge in [0, 0.05) is 37.8 Å². The van der Waals surface area contributed by atoms with Gasteiger partial charge in [-0.1, -0.05) is 6.92 Å².